The highest BCUT2D eigenvalue weighted by molar-refractivity contribution is 7.93. The topological polar surface area (TPSA) is 106 Å². The Balaban J connectivity index is 2.92. The second-order valence-electron chi connectivity index (χ2n) is 5.77. The molecule has 2 rings (SSSR count). The van der Waals surface area contributed by atoms with Crippen LogP contribution in [0.5, 0.6) is 0 Å². The van der Waals surface area contributed by atoms with E-state index in [2.05, 4.69) is 0 Å². The first kappa shape index (κ1) is 17.0. The zero-order chi connectivity index (χ0) is 16.8. The van der Waals surface area contributed by atoms with Crippen LogP contribution in [0.25, 0.3) is 0 Å². The SMILES string of the molecule is CS(=O)(=O)c1cccc(C2(C(=O)O)CCCC2)c1S(C)(=O)=O. The van der Waals surface area contributed by atoms with E-state index in [-0.39, 0.29) is 15.4 Å². The predicted octanol–water partition coefficient (Wildman–Crippen LogP) is 1.39. The Morgan fingerprint density at radius 3 is 2.00 bits per heavy atom. The third kappa shape index (κ3) is 2.77. The molecule has 0 atom stereocenters. The Morgan fingerprint density at radius 1 is 1.05 bits per heavy atom. The van der Waals surface area contributed by atoms with Crippen molar-refractivity contribution < 1.29 is 26.7 Å². The molecule has 1 aliphatic rings. The van der Waals surface area contributed by atoms with Crippen LogP contribution in [-0.2, 0) is 29.9 Å². The monoisotopic (exact) mass is 346 g/mol. The molecule has 0 spiro atoms. The molecule has 0 saturated heterocycles. The maximum absolute atomic E-state index is 12.2. The second kappa shape index (κ2) is 5.34. The van der Waals surface area contributed by atoms with Crippen LogP contribution >= 0.6 is 0 Å². The van der Waals surface area contributed by atoms with E-state index in [1.54, 1.807) is 0 Å². The lowest BCUT2D eigenvalue weighted by atomic mass is 9.79. The molecule has 1 aromatic rings. The maximum Gasteiger partial charge on any atom is 0.314 e. The van der Waals surface area contributed by atoms with E-state index in [9.17, 15) is 26.7 Å². The quantitative estimate of drug-likeness (QED) is 0.883. The number of rotatable bonds is 4. The van der Waals surface area contributed by atoms with Crippen molar-refractivity contribution in [1.29, 1.82) is 0 Å². The zero-order valence-corrected chi connectivity index (χ0v) is 14.0. The Morgan fingerprint density at radius 2 is 1.59 bits per heavy atom. The van der Waals surface area contributed by atoms with Gasteiger partial charge < -0.3 is 5.11 Å². The smallest absolute Gasteiger partial charge is 0.314 e. The lowest BCUT2D eigenvalue weighted by Crippen LogP contribution is -2.34. The van der Waals surface area contributed by atoms with Gasteiger partial charge in [0.2, 0.25) is 0 Å². The average molecular weight is 346 g/mol. The van der Waals surface area contributed by atoms with Gasteiger partial charge in [-0.15, -0.1) is 0 Å². The minimum absolute atomic E-state index is 0.0860. The molecule has 0 amide bonds. The summed E-state index contributed by atoms with van der Waals surface area (Å²) < 4.78 is 48.2. The van der Waals surface area contributed by atoms with E-state index >= 15 is 0 Å². The lowest BCUT2D eigenvalue weighted by molar-refractivity contribution is -0.143. The van der Waals surface area contributed by atoms with Gasteiger partial charge in [0.25, 0.3) is 0 Å². The van der Waals surface area contributed by atoms with E-state index in [0.29, 0.717) is 25.7 Å². The van der Waals surface area contributed by atoms with Crippen molar-refractivity contribution in [2.75, 3.05) is 12.5 Å². The zero-order valence-electron chi connectivity index (χ0n) is 12.4. The Bertz CT molecular complexity index is 815. The molecule has 0 bridgehead atoms. The molecule has 122 valence electrons. The van der Waals surface area contributed by atoms with Crippen LogP contribution in [0.15, 0.2) is 28.0 Å². The largest absolute Gasteiger partial charge is 0.481 e. The van der Waals surface area contributed by atoms with Crippen molar-refractivity contribution in [2.45, 2.75) is 40.9 Å². The highest BCUT2D eigenvalue weighted by atomic mass is 32.2. The average Bonchev–Trinajstić information content (AvgIpc) is 2.86. The van der Waals surface area contributed by atoms with E-state index < -0.39 is 31.1 Å². The number of hydrogen-bond acceptors (Lipinski definition) is 5. The Kier molecular flexibility index (Phi) is 4.12. The van der Waals surface area contributed by atoms with Crippen molar-refractivity contribution in [1.82, 2.24) is 0 Å². The predicted molar refractivity (Wildman–Crippen MR) is 80.4 cm³/mol. The molecule has 1 aliphatic carbocycles. The summed E-state index contributed by atoms with van der Waals surface area (Å²) in [5, 5.41) is 9.66. The van der Waals surface area contributed by atoms with Gasteiger partial charge in [0.1, 0.15) is 0 Å². The van der Waals surface area contributed by atoms with Crippen LogP contribution in [-0.4, -0.2) is 40.4 Å². The van der Waals surface area contributed by atoms with Gasteiger partial charge in [0.15, 0.2) is 19.7 Å². The summed E-state index contributed by atoms with van der Waals surface area (Å²) in [5.74, 6) is -1.11. The van der Waals surface area contributed by atoms with Gasteiger partial charge in [-0.25, -0.2) is 16.8 Å². The molecule has 0 aromatic heterocycles. The number of sulfone groups is 2. The highest BCUT2D eigenvalue weighted by Gasteiger charge is 2.46. The molecule has 1 fully saturated rings. The highest BCUT2D eigenvalue weighted by Crippen LogP contribution is 2.45. The van der Waals surface area contributed by atoms with Gasteiger partial charge in [0.05, 0.1) is 15.2 Å². The standard InChI is InChI=1S/C14H18O6S2/c1-21(17,18)11-7-5-6-10(12(11)22(2,19)20)14(13(15)16)8-3-4-9-14/h5-7H,3-4,8-9H2,1-2H3,(H,15,16). The number of carboxylic acid groups (broad SMARTS) is 1. The first-order valence-electron chi connectivity index (χ1n) is 6.77. The van der Waals surface area contributed by atoms with Crippen LogP contribution < -0.4 is 0 Å². The third-order valence-electron chi connectivity index (χ3n) is 4.13. The van der Waals surface area contributed by atoms with Crippen molar-refractivity contribution in [3.63, 3.8) is 0 Å². The van der Waals surface area contributed by atoms with Gasteiger partial charge in [-0.05, 0) is 24.5 Å². The second-order valence-corrected chi connectivity index (χ2v) is 9.71. The fraction of sp³-hybridized carbons (Fsp3) is 0.500. The molecule has 0 unspecified atom stereocenters. The third-order valence-corrected chi connectivity index (χ3v) is 6.58. The minimum Gasteiger partial charge on any atom is -0.481 e. The molecule has 6 nitrogen and oxygen atoms in total. The summed E-state index contributed by atoms with van der Waals surface area (Å²) in [4.78, 5) is 11.1. The van der Waals surface area contributed by atoms with Crippen LogP contribution in [0.4, 0.5) is 0 Å². The summed E-state index contributed by atoms with van der Waals surface area (Å²) in [6.07, 6.45) is 3.77. The van der Waals surface area contributed by atoms with Gasteiger partial charge >= 0.3 is 5.97 Å². The van der Waals surface area contributed by atoms with E-state index in [0.717, 1.165) is 12.5 Å². The minimum atomic E-state index is -3.90. The number of aliphatic carboxylic acids is 1. The summed E-state index contributed by atoms with van der Waals surface area (Å²) in [7, 11) is -7.69. The van der Waals surface area contributed by atoms with Crippen LogP contribution in [0, 0.1) is 0 Å². The molecule has 0 aliphatic heterocycles. The number of hydrogen-bond donors (Lipinski definition) is 1. The molecule has 0 radical (unpaired) electrons. The Hall–Kier alpha value is -1.41. The molecule has 1 saturated carbocycles. The van der Waals surface area contributed by atoms with E-state index in [1.165, 1.54) is 18.2 Å². The van der Waals surface area contributed by atoms with Gasteiger partial charge in [-0.2, -0.15) is 0 Å². The van der Waals surface area contributed by atoms with Crippen molar-refractivity contribution in [2.24, 2.45) is 0 Å². The number of carboxylic acids is 1. The number of benzene rings is 1. The maximum atomic E-state index is 12.2. The Labute approximate surface area is 130 Å². The normalized spacial score (nSPS) is 18.3. The fourth-order valence-electron chi connectivity index (χ4n) is 3.14. The van der Waals surface area contributed by atoms with Crippen molar-refractivity contribution in [3.05, 3.63) is 23.8 Å². The van der Waals surface area contributed by atoms with Crippen molar-refractivity contribution in [3.8, 4) is 0 Å². The summed E-state index contributed by atoms with van der Waals surface area (Å²) >= 11 is 0. The van der Waals surface area contributed by atoms with E-state index in [1.807, 2.05) is 0 Å². The molecular weight excluding hydrogens is 328 g/mol. The van der Waals surface area contributed by atoms with Crippen LogP contribution in [0.3, 0.4) is 0 Å². The summed E-state index contributed by atoms with van der Waals surface area (Å²) in [5.41, 5.74) is -1.25. The molecular formula is C14H18O6S2. The first-order chi connectivity index (χ1) is 10.00. The summed E-state index contributed by atoms with van der Waals surface area (Å²) in [6.45, 7) is 0. The number of carbonyl (C=O) groups is 1. The van der Waals surface area contributed by atoms with Crippen molar-refractivity contribution >= 4 is 25.6 Å². The summed E-state index contributed by atoms with van der Waals surface area (Å²) in [6, 6.07) is 4.04. The van der Waals surface area contributed by atoms with Gasteiger partial charge in [-0.3, -0.25) is 4.79 Å². The fourth-order valence-corrected chi connectivity index (χ4v) is 5.92. The van der Waals surface area contributed by atoms with Gasteiger partial charge in [0, 0.05) is 12.5 Å². The molecule has 0 heterocycles. The molecule has 1 aromatic carbocycles. The van der Waals surface area contributed by atoms with E-state index in [4.69, 9.17) is 0 Å². The first-order valence-corrected chi connectivity index (χ1v) is 10.6. The lowest BCUT2D eigenvalue weighted by Gasteiger charge is -2.27. The van der Waals surface area contributed by atoms with Gasteiger partial charge in [-0.1, -0.05) is 25.0 Å². The van der Waals surface area contributed by atoms with Crippen LogP contribution in [0.1, 0.15) is 31.2 Å². The molecule has 22 heavy (non-hydrogen) atoms. The molecule has 8 heteroatoms. The molecule has 1 N–H and O–H groups in total. The van der Waals surface area contributed by atoms with Crippen LogP contribution in [0.2, 0.25) is 0 Å².